The molecule has 0 amide bonds. The summed E-state index contributed by atoms with van der Waals surface area (Å²) in [6, 6.07) is 16.5. The fourth-order valence-electron chi connectivity index (χ4n) is 3.01. The summed E-state index contributed by atoms with van der Waals surface area (Å²) in [6.45, 7) is 4.17. The van der Waals surface area contributed by atoms with E-state index in [-0.39, 0.29) is 0 Å². The predicted molar refractivity (Wildman–Crippen MR) is 93.5 cm³/mol. The fraction of sp³-hybridized carbons (Fsp3) is 0.105. The zero-order valence-corrected chi connectivity index (χ0v) is 13.2. The Hall–Kier alpha value is -2.32. The van der Waals surface area contributed by atoms with E-state index >= 15 is 0 Å². The molecule has 3 heteroatoms. The van der Waals surface area contributed by atoms with Crippen LogP contribution in [0.2, 0.25) is 5.02 Å². The third-order valence-corrected chi connectivity index (χ3v) is 4.28. The number of nitrogens with one attached hydrogen (secondary N) is 1. The molecule has 0 radical (unpaired) electrons. The second-order valence-corrected chi connectivity index (χ2v) is 6.14. The summed E-state index contributed by atoms with van der Waals surface area (Å²) in [5.41, 5.74) is 6.55. The van der Waals surface area contributed by atoms with Crippen LogP contribution in [0, 0.1) is 13.8 Å². The highest BCUT2D eigenvalue weighted by Crippen LogP contribution is 2.33. The first-order chi connectivity index (χ1) is 10.6. The van der Waals surface area contributed by atoms with Gasteiger partial charge in [0.25, 0.3) is 0 Å². The molecule has 22 heavy (non-hydrogen) atoms. The quantitative estimate of drug-likeness (QED) is 0.483. The Balaban J connectivity index is 2.00. The Kier molecular flexibility index (Phi) is 2.95. The van der Waals surface area contributed by atoms with Crippen molar-refractivity contribution in [3.63, 3.8) is 0 Å². The van der Waals surface area contributed by atoms with Gasteiger partial charge in [-0.05, 0) is 50.2 Å². The topological polar surface area (TPSA) is 28.7 Å². The van der Waals surface area contributed by atoms with Crippen molar-refractivity contribution >= 4 is 33.4 Å². The molecule has 0 spiro atoms. The van der Waals surface area contributed by atoms with Gasteiger partial charge in [0.15, 0.2) is 0 Å². The lowest BCUT2D eigenvalue weighted by atomic mass is 10.1. The van der Waals surface area contributed by atoms with Crippen LogP contribution >= 0.6 is 11.6 Å². The number of aromatic amines is 1. The van der Waals surface area contributed by atoms with Gasteiger partial charge >= 0.3 is 0 Å². The number of aryl methyl sites for hydroxylation is 2. The van der Waals surface area contributed by atoms with Crippen molar-refractivity contribution in [2.75, 3.05) is 0 Å². The van der Waals surface area contributed by atoms with Crippen LogP contribution in [0.5, 0.6) is 0 Å². The Bertz CT molecular complexity index is 1010. The van der Waals surface area contributed by atoms with Crippen LogP contribution in [0.4, 0.5) is 0 Å². The first kappa shape index (κ1) is 13.4. The maximum absolute atomic E-state index is 6.17. The molecule has 2 nitrogen and oxygen atoms in total. The molecule has 0 saturated carbocycles. The number of pyridine rings is 1. The van der Waals surface area contributed by atoms with E-state index in [0.29, 0.717) is 0 Å². The van der Waals surface area contributed by atoms with Gasteiger partial charge in [0.1, 0.15) is 0 Å². The molecule has 0 atom stereocenters. The van der Waals surface area contributed by atoms with Gasteiger partial charge in [0.05, 0.1) is 11.2 Å². The second-order valence-electron chi connectivity index (χ2n) is 5.71. The van der Waals surface area contributed by atoms with E-state index in [1.807, 2.05) is 18.2 Å². The highest BCUT2D eigenvalue weighted by molar-refractivity contribution is 6.31. The minimum absolute atomic E-state index is 0.740. The maximum atomic E-state index is 6.17. The van der Waals surface area contributed by atoms with E-state index in [9.17, 15) is 0 Å². The number of hydrogen-bond donors (Lipinski definition) is 1. The number of benzene rings is 2. The molecular weight excluding hydrogens is 292 g/mol. The van der Waals surface area contributed by atoms with Crippen molar-refractivity contribution in [3.8, 4) is 11.3 Å². The third kappa shape index (κ3) is 2.08. The summed E-state index contributed by atoms with van der Waals surface area (Å²) in [5, 5.41) is 3.02. The van der Waals surface area contributed by atoms with E-state index in [1.165, 1.54) is 10.9 Å². The van der Waals surface area contributed by atoms with E-state index in [4.69, 9.17) is 16.6 Å². The average molecular weight is 307 g/mol. The zero-order valence-electron chi connectivity index (χ0n) is 12.4. The molecule has 108 valence electrons. The summed E-state index contributed by atoms with van der Waals surface area (Å²) < 4.78 is 0. The van der Waals surface area contributed by atoms with Crippen LogP contribution in [-0.2, 0) is 0 Å². The summed E-state index contributed by atoms with van der Waals surface area (Å²) in [6.07, 6.45) is 0. The van der Waals surface area contributed by atoms with Crippen LogP contribution in [0.1, 0.15) is 11.3 Å². The van der Waals surface area contributed by atoms with Gasteiger partial charge in [0, 0.05) is 32.6 Å². The largest absolute Gasteiger partial charge is 0.358 e. The molecule has 0 unspecified atom stereocenters. The number of halogens is 1. The van der Waals surface area contributed by atoms with E-state index in [0.717, 1.165) is 38.4 Å². The number of aromatic nitrogens is 2. The molecule has 2 aromatic carbocycles. The maximum Gasteiger partial charge on any atom is 0.0733 e. The third-order valence-electron chi connectivity index (χ3n) is 4.05. The highest BCUT2D eigenvalue weighted by Gasteiger charge is 2.12. The zero-order chi connectivity index (χ0) is 15.3. The van der Waals surface area contributed by atoms with Crippen molar-refractivity contribution in [2.45, 2.75) is 13.8 Å². The van der Waals surface area contributed by atoms with Crippen LogP contribution in [0.25, 0.3) is 33.1 Å². The lowest BCUT2D eigenvalue weighted by Crippen LogP contribution is -1.87. The SMILES string of the molecule is Cc1ccc2nc(-c3c(C)[nH]c4ccc(Cl)cc34)ccc2c1. The minimum atomic E-state index is 0.740. The normalized spacial score (nSPS) is 11.4. The highest BCUT2D eigenvalue weighted by atomic mass is 35.5. The predicted octanol–water partition coefficient (Wildman–Crippen LogP) is 5.65. The smallest absolute Gasteiger partial charge is 0.0733 e. The van der Waals surface area contributed by atoms with Gasteiger partial charge < -0.3 is 4.98 Å². The number of rotatable bonds is 1. The molecule has 4 aromatic rings. The number of H-pyrrole nitrogens is 1. The standard InChI is InChI=1S/C19H15ClN2/c1-11-3-6-16-13(9-11)4-7-18(22-16)19-12(2)21-17-8-5-14(20)10-15(17)19/h3-10,21H,1-2H3. The van der Waals surface area contributed by atoms with Gasteiger partial charge in [0.2, 0.25) is 0 Å². The van der Waals surface area contributed by atoms with Crippen molar-refractivity contribution in [1.82, 2.24) is 9.97 Å². The number of nitrogens with zero attached hydrogens (tertiary/aromatic N) is 1. The van der Waals surface area contributed by atoms with Crippen LogP contribution in [0.15, 0.2) is 48.5 Å². The Morgan fingerprint density at radius 3 is 2.68 bits per heavy atom. The lowest BCUT2D eigenvalue weighted by molar-refractivity contribution is 1.28. The molecule has 4 rings (SSSR count). The van der Waals surface area contributed by atoms with Crippen LogP contribution in [-0.4, -0.2) is 9.97 Å². The Labute approximate surface area is 133 Å². The molecule has 1 N–H and O–H groups in total. The monoisotopic (exact) mass is 306 g/mol. The number of hydrogen-bond acceptors (Lipinski definition) is 1. The molecule has 0 aliphatic carbocycles. The average Bonchev–Trinajstić information content (AvgIpc) is 2.82. The van der Waals surface area contributed by atoms with Crippen molar-refractivity contribution in [3.05, 3.63) is 64.8 Å². The second kappa shape index (κ2) is 4.85. The van der Waals surface area contributed by atoms with Gasteiger partial charge in [-0.3, -0.25) is 0 Å². The fourth-order valence-corrected chi connectivity index (χ4v) is 3.19. The lowest BCUT2D eigenvalue weighted by Gasteiger charge is -2.05. The van der Waals surface area contributed by atoms with E-state index < -0.39 is 0 Å². The molecule has 0 saturated heterocycles. The van der Waals surface area contributed by atoms with Gasteiger partial charge in [-0.15, -0.1) is 0 Å². The summed E-state index contributed by atoms with van der Waals surface area (Å²) in [5.74, 6) is 0. The van der Waals surface area contributed by atoms with Gasteiger partial charge in [-0.25, -0.2) is 4.98 Å². The van der Waals surface area contributed by atoms with Crippen LogP contribution < -0.4 is 0 Å². The minimum Gasteiger partial charge on any atom is -0.358 e. The molecule has 0 aliphatic heterocycles. The Morgan fingerprint density at radius 2 is 1.82 bits per heavy atom. The van der Waals surface area contributed by atoms with E-state index in [2.05, 4.69) is 49.2 Å². The molecule has 2 aromatic heterocycles. The summed E-state index contributed by atoms with van der Waals surface area (Å²) >= 11 is 6.17. The molecule has 0 bridgehead atoms. The summed E-state index contributed by atoms with van der Waals surface area (Å²) in [7, 11) is 0. The van der Waals surface area contributed by atoms with Gasteiger partial charge in [-0.1, -0.05) is 29.3 Å². The molecule has 0 fully saturated rings. The van der Waals surface area contributed by atoms with Crippen molar-refractivity contribution in [1.29, 1.82) is 0 Å². The molecule has 0 aliphatic rings. The first-order valence-corrected chi connectivity index (χ1v) is 7.65. The van der Waals surface area contributed by atoms with Crippen molar-refractivity contribution in [2.24, 2.45) is 0 Å². The molecule has 2 heterocycles. The van der Waals surface area contributed by atoms with Gasteiger partial charge in [-0.2, -0.15) is 0 Å². The van der Waals surface area contributed by atoms with E-state index in [1.54, 1.807) is 0 Å². The first-order valence-electron chi connectivity index (χ1n) is 7.27. The van der Waals surface area contributed by atoms with Crippen LogP contribution in [0.3, 0.4) is 0 Å². The number of fused-ring (bicyclic) bond motifs is 2. The Morgan fingerprint density at radius 1 is 0.955 bits per heavy atom. The molecular formula is C19H15ClN2. The van der Waals surface area contributed by atoms with Crippen molar-refractivity contribution < 1.29 is 0 Å². The summed E-state index contributed by atoms with van der Waals surface area (Å²) in [4.78, 5) is 8.25.